The van der Waals surface area contributed by atoms with Gasteiger partial charge in [0, 0.05) is 17.1 Å². The lowest BCUT2D eigenvalue weighted by atomic mass is 10.1. The number of nitrogens with zero attached hydrogens (tertiary/aromatic N) is 1. The molecule has 29 heavy (non-hydrogen) atoms. The van der Waals surface area contributed by atoms with Crippen molar-refractivity contribution in [2.75, 3.05) is 25.3 Å². The normalized spacial score (nSPS) is 12.2. The molecule has 1 amide bonds. The minimum absolute atomic E-state index is 0.0576. The van der Waals surface area contributed by atoms with Crippen LogP contribution < -0.4 is 10.9 Å². The minimum Gasteiger partial charge on any atom is -0.465 e. The SMILES string of the molecule is COC(=O)c1ccc(C(=O)OC)c(NC(=O)CSc2nc3c(c(=O)[nH]2)CSC3)c1. The molecule has 0 atom stereocenters. The first-order valence-electron chi connectivity index (χ1n) is 8.36. The number of aromatic amines is 1. The number of H-pyrrole nitrogens is 1. The summed E-state index contributed by atoms with van der Waals surface area (Å²) < 4.78 is 9.37. The number of aromatic nitrogens is 2. The van der Waals surface area contributed by atoms with Gasteiger partial charge in [-0.3, -0.25) is 9.59 Å². The molecule has 1 aromatic carbocycles. The van der Waals surface area contributed by atoms with Crippen LogP contribution in [-0.2, 0) is 25.8 Å². The second kappa shape index (κ2) is 9.14. The van der Waals surface area contributed by atoms with Crippen LogP contribution >= 0.6 is 23.5 Å². The Bertz CT molecular complexity index is 1040. The predicted molar refractivity (Wildman–Crippen MR) is 108 cm³/mol. The lowest BCUT2D eigenvalue weighted by Gasteiger charge is -2.11. The quantitative estimate of drug-likeness (QED) is 0.397. The number of hydrogen-bond donors (Lipinski definition) is 2. The topological polar surface area (TPSA) is 127 Å². The first-order valence-corrected chi connectivity index (χ1v) is 10.5. The fourth-order valence-corrected chi connectivity index (χ4v) is 4.32. The fraction of sp³-hybridized carbons (Fsp3) is 0.278. The van der Waals surface area contributed by atoms with Gasteiger partial charge in [-0.25, -0.2) is 14.6 Å². The molecule has 11 heteroatoms. The number of rotatable bonds is 6. The van der Waals surface area contributed by atoms with Crippen molar-refractivity contribution in [3.8, 4) is 0 Å². The van der Waals surface area contributed by atoms with E-state index in [0.717, 1.165) is 17.5 Å². The molecule has 3 rings (SSSR count). The highest BCUT2D eigenvalue weighted by atomic mass is 32.2. The zero-order valence-electron chi connectivity index (χ0n) is 15.6. The van der Waals surface area contributed by atoms with E-state index in [4.69, 9.17) is 4.74 Å². The number of methoxy groups -OCH3 is 2. The third kappa shape index (κ3) is 4.80. The third-order valence-corrected chi connectivity index (χ3v) is 5.87. The second-order valence-corrected chi connectivity index (χ2v) is 7.82. The lowest BCUT2D eigenvalue weighted by molar-refractivity contribution is -0.113. The highest BCUT2D eigenvalue weighted by molar-refractivity contribution is 7.99. The van der Waals surface area contributed by atoms with E-state index in [-0.39, 0.29) is 28.1 Å². The largest absolute Gasteiger partial charge is 0.465 e. The van der Waals surface area contributed by atoms with E-state index in [1.165, 1.54) is 32.4 Å². The Hall–Kier alpha value is -2.79. The fourth-order valence-electron chi connectivity index (χ4n) is 2.61. The molecule has 2 N–H and O–H groups in total. The summed E-state index contributed by atoms with van der Waals surface area (Å²) in [5, 5.41) is 2.94. The number of nitrogens with one attached hydrogen (secondary N) is 2. The van der Waals surface area contributed by atoms with Gasteiger partial charge < -0.3 is 19.8 Å². The van der Waals surface area contributed by atoms with E-state index in [0.29, 0.717) is 22.2 Å². The Balaban J connectivity index is 1.74. The monoisotopic (exact) mass is 435 g/mol. The van der Waals surface area contributed by atoms with E-state index in [1.54, 1.807) is 11.8 Å². The van der Waals surface area contributed by atoms with Crippen LogP contribution in [0.2, 0.25) is 0 Å². The summed E-state index contributed by atoms with van der Waals surface area (Å²) in [6, 6.07) is 4.12. The van der Waals surface area contributed by atoms with Crippen LogP contribution in [0.4, 0.5) is 5.69 Å². The van der Waals surface area contributed by atoms with E-state index in [9.17, 15) is 19.2 Å². The standard InChI is InChI=1S/C18H17N3O6S2/c1-26-16(24)9-3-4-10(17(25)27-2)12(5-9)19-14(22)8-29-18-20-13-7-28-6-11(13)15(23)21-18/h3-5H,6-8H2,1-2H3,(H,19,22)(H,20,21,23). The van der Waals surface area contributed by atoms with Gasteiger partial charge >= 0.3 is 11.9 Å². The average Bonchev–Trinajstić information content (AvgIpc) is 3.20. The van der Waals surface area contributed by atoms with Crippen molar-refractivity contribution in [1.29, 1.82) is 0 Å². The molecule has 152 valence electrons. The van der Waals surface area contributed by atoms with Gasteiger partial charge in [-0.2, -0.15) is 11.8 Å². The molecule has 0 saturated heterocycles. The maximum atomic E-state index is 12.4. The summed E-state index contributed by atoms with van der Waals surface area (Å²) in [6.07, 6.45) is 0. The number of esters is 2. The zero-order chi connectivity index (χ0) is 21.0. The smallest absolute Gasteiger partial charge is 0.339 e. The Morgan fingerprint density at radius 3 is 2.69 bits per heavy atom. The average molecular weight is 435 g/mol. The molecule has 1 aromatic heterocycles. The van der Waals surface area contributed by atoms with Crippen LogP contribution in [0.5, 0.6) is 0 Å². The van der Waals surface area contributed by atoms with E-state index < -0.39 is 17.8 Å². The number of ether oxygens (including phenoxy) is 2. The Labute approximate surface area is 174 Å². The number of carbonyl (C=O) groups is 3. The van der Waals surface area contributed by atoms with Crippen molar-refractivity contribution < 1.29 is 23.9 Å². The summed E-state index contributed by atoms with van der Waals surface area (Å²) in [6.45, 7) is 0. The molecular formula is C18H17N3O6S2. The molecule has 0 spiro atoms. The molecular weight excluding hydrogens is 418 g/mol. The molecule has 1 aliphatic heterocycles. The van der Waals surface area contributed by atoms with Gasteiger partial charge in [-0.15, -0.1) is 0 Å². The zero-order valence-corrected chi connectivity index (χ0v) is 17.2. The first kappa shape index (κ1) is 20.9. The van der Waals surface area contributed by atoms with Gasteiger partial charge in [0.05, 0.1) is 42.5 Å². The number of fused-ring (bicyclic) bond motifs is 1. The molecule has 0 aliphatic carbocycles. The summed E-state index contributed by atoms with van der Waals surface area (Å²) in [5.74, 6) is -0.467. The van der Waals surface area contributed by atoms with E-state index in [1.807, 2.05) is 0 Å². The highest BCUT2D eigenvalue weighted by Gasteiger charge is 2.20. The number of anilines is 1. The van der Waals surface area contributed by atoms with Crippen molar-refractivity contribution in [3.05, 3.63) is 50.9 Å². The van der Waals surface area contributed by atoms with Gasteiger partial charge in [0.2, 0.25) is 5.91 Å². The third-order valence-electron chi connectivity index (χ3n) is 4.02. The van der Waals surface area contributed by atoms with Gasteiger partial charge in [0.25, 0.3) is 5.56 Å². The van der Waals surface area contributed by atoms with E-state index >= 15 is 0 Å². The van der Waals surface area contributed by atoms with Crippen molar-refractivity contribution in [2.45, 2.75) is 16.7 Å². The molecule has 0 unspecified atom stereocenters. The molecule has 2 aromatic rings. The summed E-state index contributed by atoms with van der Waals surface area (Å²) in [4.78, 5) is 55.1. The summed E-state index contributed by atoms with van der Waals surface area (Å²) in [7, 11) is 2.44. The molecule has 0 saturated carbocycles. The summed E-state index contributed by atoms with van der Waals surface area (Å²) >= 11 is 2.68. The number of amides is 1. The highest BCUT2D eigenvalue weighted by Crippen LogP contribution is 2.27. The molecule has 9 nitrogen and oxygen atoms in total. The van der Waals surface area contributed by atoms with Gasteiger partial charge in [0.15, 0.2) is 5.16 Å². The molecule has 0 radical (unpaired) electrons. The van der Waals surface area contributed by atoms with Gasteiger partial charge in [0.1, 0.15) is 0 Å². The van der Waals surface area contributed by atoms with Gasteiger partial charge in [-0.05, 0) is 18.2 Å². The van der Waals surface area contributed by atoms with Gasteiger partial charge in [-0.1, -0.05) is 11.8 Å². The van der Waals surface area contributed by atoms with Crippen molar-refractivity contribution >= 4 is 47.1 Å². The van der Waals surface area contributed by atoms with Crippen LogP contribution in [0, 0.1) is 0 Å². The number of carbonyl (C=O) groups excluding carboxylic acids is 3. The Kier molecular flexibility index (Phi) is 6.60. The number of thioether (sulfide) groups is 2. The maximum absolute atomic E-state index is 12.4. The lowest BCUT2D eigenvalue weighted by Crippen LogP contribution is -2.19. The minimum atomic E-state index is -0.661. The van der Waals surface area contributed by atoms with E-state index in [2.05, 4.69) is 20.0 Å². The van der Waals surface area contributed by atoms with Crippen molar-refractivity contribution in [3.63, 3.8) is 0 Å². The Morgan fingerprint density at radius 1 is 1.21 bits per heavy atom. The van der Waals surface area contributed by atoms with Crippen LogP contribution in [0.3, 0.4) is 0 Å². The second-order valence-electron chi connectivity index (χ2n) is 5.87. The predicted octanol–water partition coefficient (Wildman–Crippen LogP) is 1.82. The summed E-state index contributed by atoms with van der Waals surface area (Å²) in [5.41, 5.74) is 1.61. The van der Waals surface area contributed by atoms with Crippen LogP contribution in [0.1, 0.15) is 32.0 Å². The van der Waals surface area contributed by atoms with Crippen LogP contribution in [0.15, 0.2) is 28.2 Å². The Morgan fingerprint density at radius 2 is 1.97 bits per heavy atom. The number of benzene rings is 1. The first-order chi connectivity index (χ1) is 13.9. The van der Waals surface area contributed by atoms with Crippen molar-refractivity contribution in [2.24, 2.45) is 0 Å². The van der Waals surface area contributed by atoms with Crippen LogP contribution in [-0.4, -0.2) is 47.8 Å². The maximum Gasteiger partial charge on any atom is 0.339 e. The molecule has 2 heterocycles. The number of hydrogen-bond acceptors (Lipinski definition) is 9. The molecule has 0 bridgehead atoms. The van der Waals surface area contributed by atoms with Crippen LogP contribution in [0.25, 0.3) is 0 Å². The molecule has 0 fully saturated rings. The molecule has 1 aliphatic rings. The van der Waals surface area contributed by atoms with Crippen molar-refractivity contribution in [1.82, 2.24) is 9.97 Å².